The van der Waals surface area contributed by atoms with Gasteiger partial charge in [-0.1, -0.05) is 24.3 Å². The molecule has 1 heterocycles. The largest absolute Gasteiger partial charge is 0.508 e. The number of nitrogens with two attached hydrogens (primary N) is 1. The van der Waals surface area contributed by atoms with Gasteiger partial charge in [-0.3, -0.25) is 19.4 Å². The van der Waals surface area contributed by atoms with Gasteiger partial charge in [0.05, 0.1) is 23.5 Å². The molecule has 1 fully saturated rings. The third-order valence-corrected chi connectivity index (χ3v) is 7.93. The minimum absolute atomic E-state index is 0.00757. The van der Waals surface area contributed by atoms with Crippen LogP contribution in [-0.2, 0) is 14.4 Å². The van der Waals surface area contributed by atoms with E-state index in [-0.39, 0.29) is 23.3 Å². The number of aromatic hydroxyl groups is 1. The number of likely N-dealkylation sites (N-methyl/N-ethyl adjacent to an activating group) is 1. The summed E-state index contributed by atoms with van der Waals surface area (Å²) in [6.07, 6.45) is 1.34. The molecule has 6 N–H and O–H groups in total. The zero-order chi connectivity index (χ0) is 26.1. The average molecular weight is 601 g/mol. The zero-order valence-corrected chi connectivity index (χ0v) is 20.9. The number of halogens is 1. The topological polar surface area (TPSA) is 174 Å². The summed E-state index contributed by atoms with van der Waals surface area (Å²) in [5, 5.41) is 44.5. The van der Waals surface area contributed by atoms with Crippen LogP contribution in [0.2, 0.25) is 0 Å². The van der Waals surface area contributed by atoms with E-state index in [0.29, 0.717) is 11.3 Å². The summed E-state index contributed by atoms with van der Waals surface area (Å²) >= 11 is 1.81. The second kappa shape index (κ2) is 8.29. The molecule has 3 aliphatic carbocycles. The summed E-state index contributed by atoms with van der Waals surface area (Å²) in [6.45, 7) is 0. The Balaban J connectivity index is 1.82. The van der Waals surface area contributed by atoms with Crippen LogP contribution in [0.5, 0.6) is 5.75 Å². The van der Waals surface area contributed by atoms with Gasteiger partial charge in [0, 0.05) is 52.3 Å². The molecule has 1 amide bonds. The molecule has 10 nitrogen and oxygen atoms in total. The number of nitrogens with zero attached hydrogens (tertiary/aromatic N) is 2. The normalized spacial score (nSPS) is 29.4. The predicted octanol–water partition coefficient (Wildman–Crippen LogP) is 1.27. The Hall–Kier alpha value is -3.47. The number of aliphatic hydroxyl groups excluding tert-OH is 2. The van der Waals surface area contributed by atoms with Crippen LogP contribution in [0.15, 0.2) is 47.4 Å². The Morgan fingerprint density at radius 3 is 2.58 bits per heavy atom. The molecule has 0 radical (unpaired) electrons. The Morgan fingerprint density at radius 2 is 1.97 bits per heavy atom. The number of aliphatic hydroxyl groups is 3. The fourth-order valence-electron chi connectivity index (χ4n) is 5.87. The van der Waals surface area contributed by atoms with Crippen LogP contribution in [0.3, 0.4) is 0 Å². The molecule has 0 aliphatic heterocycles. The van der Waals surface area contributed by atoms with E-state index in [2.05, 4.69) is 17.1 Å². The van der Waals surface area contributed by atoms with Crippen molar-refractivity contribution in [3.63, 3.8) is 0 Å². The number of carbonyl (C=O) groups is 3. The van der Waals surface area contributed by atoms with Crippen molar-refractivity contribution in [2.24, 2.45) is 17.6 Å². The molecule has 0 saturated heterocycles. The first-order valence-corrected chi connectivity index (χ1v) is 11.9. The second-order valence-corrected chi connectivity index (χ2v) is 10.6. The van der Waals surface area contributed by atoms with Crippen molar-refractivity contribution >= 4 is 46.1 Å². The van der Waals surface area contributed by atoms with Crippen molar-refractivity contribution in [3.05, 3.63) is 76.3 Å². The first-order chi connectivity index (χ1) is 17.0. The fourth-order valence-corrected chi connectivity index (χ4v) is 6.52. The van der Waals surface area contributed by atoms with Crippen molar-refractivity contribution in [1.29, 1.82) is 0 Å². The minimum atomic E-state index is -2.71. The van der Waals surface area contributed by atoms with E-state index in [1.54, 1.807) is 18.2 Å². The Kier molecular flexibility index (Phi) is 5.58. The van der Waals surface area contributed by atoms with Crippen LogP contribution in [0.1, 0.15) is 29.2 Å². The number of hydrogen-bond donors (Lipinski definition) is 5. The summed E-state index contributed by atoms with van der Waals surface area (Å²) in [5.74, 6) is -7.83. The molecule has 0 bridgehead atoms. The van der Waals surface area contributed by atoms with Crippen molar-refractivity contribution in [2.45, 2.75) is 24.0 Å². The molecule has 2 unspecified atom stereocenters. The molecular weight excluding hydrogens is 581 g/mol. The Labute approximate surface area is 219 Å². The number of phenols is 1. The zero-order valence-electron chi connectivity index (χ0n) is 18.8. The number of aromatic nitrogens is 1. The van der Waals surface area contributed by atoms with Gasteiger partial charge in [0.15, 0.2) is 11.4 Å². The lowest BCUT2D eigenvalue weighted by Gasteiger charge is -2.51. The van der Waals surface area contributed by atoms with Gasteiger partial charge in [0.1, 0.15) is 22.8 Å². The molecule has 0 spiro atoms. The summed E-state index contributed by atoms with van der Waals surface area (Å²) in [5.41, 5.74) is 2.48. The molecule has 1 aromatic heterocycles. The highest BCUT2D eigenvalue weighted by Gasteiger charge is 2.65. The predicted molar refractivity (Wildman–Crippen MR) is 132 cm³/mol. The maximum absolute atomic E-state index is 14.0. The quantitative estimate of drug-likeness (QED) is 0.197. The molecule has 36 heavy (non-hydrogen) atoms. The van der Waals surface area contributed by atoms with E-state index in [1.807, 2.05) is 22.9 Å². The molecule has 2 aromatic rings. The maximum Gasteiger partial charge on any atom is 0.255 e. The number of Topliss-reactive ketones (excluding diaryl/α,β-unsaturated/α-hetero) is 2. The molecule has 5 rings (SSSR count). The number of amides is 1. The monoisotopic (exact) mass is 601 g/mol. The second-order valence-electron chi connectivity index (χ2n) is 9.06. The number of primary amides is 1. The van der Waals surface area contributed by atoms with Gasteiger partial charge in [-0.05, 0) is 25.1 Å². The number of benzene rings is 1. The Bertz CT molecular complexity index is 1390. The van der Waals surface area contributed by atoms with E-state index < -0.39 is 64.0 Å². The summed E-state index contributed by atoms with van der Waals surface area (Å²) in [7, 11) is 1.53. The summed E-state index contributed by atoms with van der Waals surface area (Å²) < 4.78 is 1.42. The summed E-state index contributed by atoms with van der Waals surface area (Å²) in [6, 6.07) is 10.5. The first kappa shape index (κ1) is 24.2. The van der Waals surface area contributed by atoms with Crippen molar-refractivity contribution in [1.82, 2.24) is 8.10 Å². The highest BCUT2D eigenvalue weighted by molar-refractivity contribution is 14.1. The van der Waals surface area contributed by atoms with E-state index in [9.17, 15) is 34.8 Å². The third-order valence-electron chi connectivity index (χ3n) is 7.33. The fraction of sp³-hybridized carbons (Fsp3) is 0.280. The summed E-state index contributed by atoms with van der Waals surface area (Å²) in [4.78, 5) is 43.7. The molecule has 3 aliphatic rings. The van der Waals surface area contributed by atoms with E-state index >= 15 is 0 Å². The third kappa shape index (κ3) is 3.11. The van der Waals surface area contributed by atoms with E-state index in [0.717, 1.165) is 0 Å². The van der Waals surface area contributed by atoms with Gasteiger partial charge in [0.2, 0.25) is 5.78 Å². The maximum atomic E-state index is 14.0. The number of phenolic OH excluding ortho intramolecular Hbond substituents is 1. The minimum Gasteiger partial charge on any atom is -0.508 e. The molecular formula is C25H20IN3O7. The lowest BCUT2D eigenvalue weighted by atomic mass is 9.55. The average Bonchev–Trinajstić information content (AvgIpc) is 2.81. The van der Waals surface area contributed by atoms with Crippen molar-refractivity contribution in [3.8, 4) is 5.75 Å². The molecule has 11 heteroatoms. The number of hydrogen-bond acceptors (Lipinski definition) is 9. The SMILES string of the molecule is CN(I)[C@@H]1C(=O)C(C(N)=O)=C(O)[C@@]2(O)C(=O)C3=C(O)c4c(O)cccc4[C@H](c4cc#ccn4)C3CC12. The van der Waals surface area contributed by atoms with Crippen LogP contribution in [-0.4, -0.2) is 64.7 Å². The van der Waals surface area contributed by atoms with Crippen LogP contribution in [0.4, 0.5) is 0 Å². The number of carbonyl (C=O) groups excluding carboxylic acids is 3. The number of ketones is 2. The highest BCUT2D eigenvalue weighted by Crippen LogP contribution is 2.57. The van der Waals surface area contributed by atoms with Crippen LogP contribution in [0.25, 0.3) is 5.76 Å². The standard InChI is InChI=1S/C25H20IN3O7/c1-29(26)19-12-9-11-15(13-6-2-3-8-28-13)10-5-4-7-14(30)16(10)20(31)17(11)22(33)25(12,36)23(34)18(21(19)32)24(27)35/h4-8,11-12,15,19,30-31,34,36H,9H2,1H3,(H2,27,35)/t11?,12?,15-,19-,25-/m0/s1. The highest BCUT2D eigenvalue weighted by atomic mass is 127. The number of rotatable bonds is 3. The smallest absolute Gasteiger partial charge is 0.255 e. The van der Waals surface area contributed by atoms with Crippen LogP contribution < -0.4 is 5.73 Å². The van der Waals surface area contributed by atoms with Crippen molar-refractivity contribution < 1.29 is 34.8 Å². The van der Waals surface area contributed by atoms with Gasteiger partial charge in [0.25, 0.3) is 5.91 Å². The van der Waals surface area contributed by atoms with Gasteiger partial charge in [-0.15, -0.1) is 0 Å². The lowest BCUT2D eigenvalue weighted by molar-refractivity contribution is -0.152. The molecule has 1 saturated carbocycles. The lowest BCUT2D eigenvalue weighted by Crippen LogP contribution is -2.65. The number of fused-ring (bicyclic) bond motifs is 3. The molecule has 5 atom stereocenters. The Morgan fingerprint density at radius 1 is 1.25 bits per heavy atom. The molecule has 184 valence electrons. The van der Waals surface area contributed by atoms with Crippen LogP contribution >= 0.6 is 22.9 Å². The molecule has 1 aromatic carbocycles. The van der Waals surface area contributed by atoms with Gasteiger partial charge >= 0.3 is 0 Å². The first-order valence-electron chi connectivity index (χ1n) is 10.9. The van der Waals surface area contributed by atoms with E-state index in [1.165, 1.54) is 22.4 Å². The van der Waals surface area contributed by atoms with Crippen LogP contribution in [0, 0.1) is 24.0 Å². The van der Waals surface area contributed by atoms with Gasteiger partial charge in [-0.2, -0.15) is 0 Å². The van der Waals surface area contributed by atoms with E-state index in [4.69, 9.17) is 5.73 Å². The van der Waals surface area contributed by atoms with Gasteiger partial charge < -0.3 is 26.2 Å². The van der Waals surface area contributed by atoms with Gasteiger partial charge in [-0.25, -0.2) is 3.11 Å². The van der Waals surface area contributed by atoms with Crippen molar-refractivity contribution in [2.75, 3.05) is 7.05 Å².